The van der Waals surface area contributed by atoms with E-state index in [2.05, 4.69) is 20.5 Å². The molecule has 30 heavy (non-hydrogen) atoms. The molecule has 1 aliphatic rings. The molecule has 160 valence electrons. The summed E-state index contributed by atoms with van der Waals surface area (Å²) in [6, 6.07) is 12.6. The van der Waals surface area contributed by atoms with Gasteiger partial charge in [-0.1, -0.05) is 30.3 Å². The first-order valence-corrected chi connectivity index (χ1v) is 11.3. The van der Waals surface area contributed by atoms with E-state index in [1.165, 1.54) is 0 Å². The van der Waals surface area contributed by atoms with Gasteiger partial charge in [-0.25, -0.2) is 9.78 Å². The Morgan fingerprint density at radius 2 is 1.97 bits per heavy atom. The number of aromatic nitrogens is 1. The highest BCUT2D eigenvalue weighted by atomic mass is 32.2. The zero-order valence-corrected chi connectivity index (χ0v) is 18.0. The predicted molar refractivity (Wildman–Crippen MR) is 120 cm³/mol. The maximum absolute atomic E-state index is 12.5. The number of esters is 1. The molecular weight excluding hydrogens is 400 g/mol. The van der Waals surface area contributed by atoms with Crippen molar-refractivity contribution in [2.75, 3.05) is 36.1 Å². The minimum absolute atomic E-state index is 0.0810. The quantitative estimate of drug-likeness (QED) is 0.629. The fraction of sp³-hybridized carbons (Fsp3) is 0.409. The van der Waals surface area contributed by atoms with Crippen molar-refractivity contribution in [1.29, 1.82) is 0 Å². The minimum atomic E-state index is -0.455. The van der Waals surface area contributed by atoms with Gasteiger partial charge in [0.05, 0.1) is 19.1 Å². The lowest BCUT2D eigenvalue weighted by Crippen LogP contribution is -2.38. The van der Waals surface area contributed by atoms with Crippen LogP contribution >= 0.6 is 11.8 Å². The van der Waals surface area contributed by atoms with Crippen LogP contribution in [-0.2, 0) is 16.1 Å². The Bertz CT molecular complexity index is 828. The second-order valence-corrected chi connectivity index (χ2v) is 8.15. The molecule has 8 heteroatoms. The monoisotopic (exact) mass is 428 g/mol. The summed E-state index contributed by atoms with van der Waals surface area (Å²) in [5.74, 6) is 2.81. The van der Waals surface area contributed by atoms with Gasteiger partial charge < -0.3 is 20.3 Å². The normalized spacial score (nSPS) is 14.6. The first kappa shape index (κ1) is 22.0. The van der Waals surface area contributed by atoms with Crippen molar-refractivity contribution in [3.05, 3.63) is 59.8 Å². The van der Waals surface area contributed by atoms with Crippen LogP contribution in [0.25, 0.3) is 0 Å². The number of thioether (sulfide) groups is 1. The summed E-state index contributed by atoms with van der Waals surface area (Å²) in [5.41, 5.74) is 1.84. The summed E-state index contributed by atoms with van der Waals surface area (Å²) < 4.78 is 5.05. The van der Waals surface area contributed by atoms with Gasteiger partial charge in [0.15, 0.2) is 0 Å². The summed E-state index contributed by atoms with van der Waals surface area (Å²) in [6.07, 6.45) is 1.86. The molecule has 1 saturated heterocycles. The van der Waals surface area contributed by atoms with E-state index in [0.29, 0.717) is 13.2 Å². The van der Waals surface area contributed by atoms with E-state index in [0.717, 1.165) is 41.5 Å². The Kier molecular flexibility index (Phi) is 8.38. The van der Waals surface area contributed by atoms with Crippen LogP contribution in [-0.4, -0.2) is 48.2 Å². The number of hydrogen-bond donors (Lipinski definition) is 2. The molecule has 0 bridgehead atoms. The molecule has 0 spiro atoms. The topological polar surface area (TPSA) is 83.6 Å². The van der Waals surface area contributed by atoms with Crippen molar-refractivity contribution in [1.82, 2.24) is 15.6 Å². The third-order valence-corrected chi connectivity index (χ3v) is 5.72. The van der Waals surface area contributed by atoms with Crippen LogP contribution in [0.1, 0.15) is 30.5 Å². The molecule has 1 atom stereocenters. The number of nitrogens with zero attached hydrogens (tertiary/aromatic N) is 2. The van der Waals surface area contributed by atoms with Gasteiger partial charge in [0.1, 0.15) is 5.82 Å². The maximum atomic E-state index is 12.5. The Labute approximate surface area is 181 Å². The van der Waals surface area contributed by atoms with Gasteiger partial charge in [0.2, 0.25) is 0 Å². The van der Waals surface area contributed by atoms with Crippen LogP contribution in [0.5, 0.6) is 0 Å². The smallest absolute Gasteiger partial charge is 0.315 e. The average molecular weight is 429 g/mol. The number of benzene rings is 1. The number of carbonyl (C=O) groups excluding carboxylic acids is 2. The lowest BCUT2D eigenvalue weighted by atomic mass is 10.0. The van der Waals surface area contributed by atoms with Crippen molar-refractivity contribution < 1.29 is 14.3 Å². The molecule has 0 radical (unpaired) electrons. The van der Waals surface area contributed by atoms with Gasteiger partial charge in [0, 0.05) is 37.3 Å². The Morgan fingerprint density at radius 1 is 1.20 bits per heavy atom. The Morgan fingerprint density at radius 3 is 2.70 bits per heavy atom. The van der Waals surface area contributed by atoms with Crippen LogP contribution in [0.15, 0.2) is 48.7 Å². The number of amides is 2. The van der Waals surface area contributed by atoms with Gasteiger partial charge in [-0.3, -0.25) is 4.79 Å². The Hall–Kier alpha value is -2.74. The van der Waals surface area contributed by atoms with E-state index >= 15 is 0 Å². The second-order valence-electron chi connectivity index (χ2n) is 6.92. The number of anilines is 1. The molecule has 7 nitrogen and oxygen atoms in total. The van der Waals surface area contributed by atoms with Crippen molar-refractivity contribution in [2.45, 2.75) is 25.9 Å². The largest absolute Gasteiger partial charge is 0.466 e. The van der Waals surface area contributed by atoms with Crippen LogP contribution in [0.3, 0.4) is 0 Å². The summed E-state index contributed by atoms with van der Waals surface area (Å²) >= 11 is 1.95. The molecule has 2 N–H and O–H groups in total. The lowest BCUT2D eigenvalue weighted by molar-refractivity contribution is -0.143. The summed E-state index contributed by atoms with van der Waals surface area (Å²) in [7, 11) is 0. The van der Waals surface area contributed by atoms with E-state index in [1.807, 2.05) is 54.2 Å². The van der Waals surface area contributed by atoms with Gasteiger partial charge >= 0.3 is 12.0 Å². The number of rotatable bonds is 8. The maximum Gasteiger partial charge on any atom is 0.315 e. The van der Waals surface area contributed by atoms with Gasteiger partial charge in [0.25, 0.3) is 0 Å². The van der Waals surface area contributed by atoms with Crippen molar-refractivity contribution in [2.24, 2.45) is 0 Å². The van der Waals surface area contributed by atoms with Crippen molar-refractivity contribution in [3.8, 4) is 0 Å². The third kappa shape index (κ3) is 6.66. The molecule has 2 heterocycles. The van der Waals surface area contributed by atoms with Crippen molar-refractivity contribution in [3.63, 3.8) is 0 Å². The fourth-order valence-electron chi connectivity index (χ4n) is 3.25. The number of ether oxygens (including phenoxy) is 1. The second kappa shape index (κ2) is 11.4. The fourth-order valence-corrected chi connectivity index (χ4v) is 4.15. The molecule has 0 aliphatic carbocycles. The van der Waals surface area contributed by atoms with E-state index in [4.69, 9.17) is 4.74 Å². The van der Waals surface area contributed by atoms with Crippen LogP contribution in [0.4, 0.5) is 10.6 Å². The first-order valence-electron chi connectivity index (χ1n) is 10.2. The van der Waals surface area contributed by atoms with Crippen LogP contribution in [0.2, 0.25) is 0 Å². The standard InChI is InChI=1S/C22H28N4O3S/c1-2-29-21(27)15-19(18-6-4-3-5-7-18)25-22(28)24-16-17-8-9-23-20(14-17)26-10-12-30-13-11-26/h3-9,14,19H,2,10-13,15-16H2,1H3,(H2,24,25,28)/t19-/m0/s1. The van der Waals surface area contributed by atoms with Gasteiger partial charge in [-0.15, -0.1) is 0 Å². The van der Waals surface area contributed by atoms with Crippen molar-refractivity contribution >= 4 is 29.6 Å². The molecule has 1 aromatic carbocycles. The number of nitrogens with one attached hydrogen (secondary N) is 2. The summed E-state index contributed by atoms with van der Waals surface area (Å²) in [5, 5.41) is 5.77. The zero-order chi connectivity index (χ0) is 21.2. The minimum Gasteiger partial charge on any atom is -0.466 e. The van der Waals surface area contributed by atoms with Gasteiger partial charge in [-0.05, 0) is 30.2 Å². The summed E-state index contributed by atoms with van der Waals surface area (Å²) in [6.45, 7) is 4.43. The highest BCUT2D eigenvalue weighted by molar-refractivity contribution is 7.99. The van der Waals surface area contributed by atoms with Gasteiger partial charge in [-0.2, -0.15) is 11.8 Å². The van der Waals surface area contributed by atoms with E-state index in [9.17, 15) is 9.59 Å². The van der Waals surface area contributed by atoms with E-state index in [1.54, 1.807) is 13.1 Å². The molecule has 3 rings (SSSR count). The number of urea groups is 1. The number of pyridine rings is 1. The number of hydrogen-bond acceptors (Lipinski definition) is 6. The molecule has 0 unspecified atom stereocenters. The molecule has 0 saturated carbocycles. The third-order valence-electron chi connectivity index (χ3n) is 4.78. The molecule has 2 aromatic rings. The highest BCUT2D eigenvalue weighted by Gasteiger charge is 2.19. The van der Waals surface area contributed by atoms with Crippen LogP contribution < -0.4 is 15.5 Å². The molecular formula is C22H28N4O3S. The first-order chi connectivity index (χ1) is 14.7. The zero-order valence-electron chi connectivity index (χ0n) is 17.2. The highest BCUT2D eigenvalue weighted by Crippen LogP contribution is 2.19. The molecule has 1 aliphatic heterocycles. The summed E-state index contributed by atoms with van der Waals surface area (Å²) in [4.78, 5) is 31.2. The molecule has 1 fully saturated rings. The molecule has 2 amide bonds. The van der Waals surface area contributed by atoms with Crippen LogP contribution in [0, 0.1) is 0 Å². The van der Waals surface area contributed by atoms with E-state index in [-0.39, 0.29) is 18.4 Å². The number of carbonyl (C=O) groups is 2. The molecule has 1 aromatic heterocycles. The SMILES string of the molecule is CCOC(=O)C[C@H](NC(=O)NCc1ccnc(N2CCSCC2)c1)c1ccccc1. The van der Waals surface area contributed by atoms with E-state index < -0.39 is 6.04 Å². The Balaban J connectivity index is 1.58. The predicted octanol–water partition coefficient (Wildman–Crippen LogP) is 3.13. The lowest BCUT2D eigenvalue weighted by Gasteiger charge is -2.27. The average Bonchev–Trinajstić information content (AvgIpc) is 2.79.